The lowest BCUT2D eigenvalue weighted by Gasteiger charge is -2.33. The number of fused-ring (bicyclic) bond motifs is 1. The number of nitrogens with zero attached hydrogens (tertiary/aromatic N) is 3. The Hall–Kier alpha value is -1.92. The van der Waals surface area contributed by atoms with E-state index in [9.17, 15) is 4.79 Å². The van der Waals surface area contributed by atoms with E-state index in [-0.39, 0.29) is 6.09 Å². The van der Waals surface area contributed by atoms with Crippen molar-refractivity contribution in [1.82, 2.24) is 14.8 Å². The first-order valence-corrected chi connectivity index (χ1v) is 11.7. The lowest BCUT2D eigenvalue weighted by Crippen LogP contribution is -2.39. The number of carbonyl (C=O) groups excluding carboxylic acids is 1. The molecule has 2 aliphatic rings. The van der Waals surface area contributed by atoms with Crippen molar-refractivity contribution in [2.45, 2.75) is 52.6 Å². The van der Waals surface area contributed by atoms with Gasteiger partial charge >= 0.3 is 6.09 Å². The number of aromatic nitrogens is 1. The lowest BCUT2D eigenvalue weighted by atomic mass is 9.98. The SMILES string of the molecule is C[C@H]1CC=C(c2ccc3sc([C@@H]4CN(C)C[C@H]4C)nc3c2)N(C(=O)OC(C)(C)C)C1. The van der Waals surface area contributed by atoms with Gasteiger partial charge in [-0.1, -0.05) is 26.0 Å². The van der Waals surface area contributed by atoms with Crippen LogP contribution in [0.1, 0.15) is 57.5 Å². The number of amides is 1. The van der Waals surface area contributed by atoms with Crippen LogP contribution in [0.5, 0.6) is 0 Å². The summed E-state index contributed by atoms with van der Waals surface area (Å²) in [6, 6.07) is 6.41. The van der Waals surface area contributed by atoms with Crippen molar-refractivity contribution in [1.29, 1.82) is 0 Å². The van der Waals surface area contributed by atoms with Crippen LogP contribution in [-0.2, 0) is 4.74 Å². The molecular formula is C24H33N3O2S. The summed E-state index contributed by atoms with van der Waals surface area (Å²) in [7, 11) is 2.18. The van der Waals surface area contributed by atoms with Gasteiger partial charge in [0.25, 0.3) is 0 Å². The molecule has 4 rings (SSSR count). The number of benzene rings is 1. The topological polar surface area (TPSA) is 45.7 Å². The molecule has 0 aliphatic carbocycles. The first-order valence-electron chi connectivity index (χ1n) is 10.9. The van der Waals surface area contributed by atoms with E-state index in [4.69, 9.17) is 9.72 Å². The van der Waals surface area contributed by atoms with Crippen LogP contribution in [0, 0.1) is 11.8 Å². The van der Waals surface area contributed by atoms with E-state index in [1.807, 2.05) is 32.1 Å². The Morgan fingerprint density at radius 3 is 2.63 bits per heavy atom. The summed E-state index contributed by atoms with van der Waals surface area (Å²) in [5.41, 5.74) is 2.49. The van der Waals surface area contributed by atoms with Crippen LogP contribution < -0.4 is 0 Å². The fraction of sp³-hybridized carbons (Fsp3) is 0.583. The second kappa shape index (κ2) is 7.97. The van der Waals surface area contributed by atoms with Crippen LogP contribution in [0.25, 0.3) is 15.9 Å². The van der Waals surface area contributed by atoms with Crippen LogP contribution >= 0.6 is 11.3 Å². The molecule has 3 atom stereocenters. The number of carbonyl (C=O) groups is 1. The zero-order valence-corrected chi connectivity index (χ0v) is 19.8. The van der Waals surface area contributed by atoms with E-state index in [1.54, 1.807) is 4.90 Å². The van der Waals surface area contributed by atoms with Crippen LogP contribution in [0.2, 0.25) is 0 Å². The molecule has 1 aromatic carbocycles. The zero-order chi connectivity index (χ0) is 21.6. The van der Waals surface area contributed by atoms with Gasteiger partial charge in [-0.2, -0.15) is 0 Å². The highest BCUT2D eigenvalue weighted by Gasteiger charge is 2.32. The third-order valence-electron chi connectivity index (χ3n) is 5.92. The lowest BCUT2D eigenvalue weighted by molar-refractivity contribution is 0.0327. The highest BCUT2D eigenvalue weighted by atomic mass is 32.1. The van der Waals surface area contributed by atoms with Crippen molar-refractivity contribution < 1.29 is 9.53 Å². The molecule has 2 aromatic rings. The summed E-state index contributed by atoms with van der Waals surface area (Å²) in [5.74, 6) is 1.54. The van der Waals surface area contributed by atoms with E-state index in [0.717, 1.165) is 36.3 Å². The average Bonchev–Trinajstić information content (AvgIpc) is 3.21. The quantitative estimate of drug-likeness (QED) is 0.628. The van der Waals surface area contributed by atoms with Crippen molar-refractivity contribution >= 4 is 33.3 Å². The highest BCUT2D eigenvalue weighted by Crippen LogP contribution is 2.37. The van der Waals surface area contributed by atoms with Gasteiger partial charge in [0.05, 0.1) is 20.9 Å². The molecule has 1 amide bonds. The van der Waals surface area contributed by atoms with Gasteiger partial charge in [0, 0.05) is 31.1 Å². The molecule has 0 N–H and O–H groups in total. The summed E-state index contributed by atoms with van der Waals surface area (Å²) in [4.78, 5) is 22.1. The zero-order valence-electron chi connectivity index (χ0n) is 18.9. The number of likely N-dealkylation sites (N-methyl/N-ethyl adjacent to an activating group) is 1. The normalized spacial score (nSPS) is 25.6. The van der Waals surface area contributed by atoms with Gasteiger partial charge in [-0.3, -0.25) is 4.90 Å². The molecule has 1 fully saturated rings. The van der Waals surface area contributed by atoms with Gasteiger partial charge in [0.1, 0.15) is 5.60 Å². The molecule has 3 heterocycles. The van der Waals surface area contributed by atoms with Gasteiger partial charge < -0.3 is 9.64 Å². The molecule has 0 radical (unpaired) electrons. The first kappa shape index (κ1) is 21.3. The summed E-state index contributed by atoms with van der Waals surface area (Å²) < 4.78 is 6.90. The Morgan fingerprint density at radius 2 is 1.97 bits per heavy atom. The summed E-state index contributed by atoms with van der Waals surface area (Å²) in [5, 5.41) is 1.23. The maximum Gasteiger partial charge on any atom is 0.414 e. The number of hydrogen-bond donors (Lipinski definition) is 0. The summed E-state index contributed by atoms with van der Waals surface area (Å²) in [6.45, 7) is 13.1. The van der Waals surface area contributed by atoms with Crippen LogP contribution in [-0.4, -0.2) is 53.2 Å². The molecule has 30 heavy (non-hydrogen) atoms. The molecule has 162 valence electrons. The minimum absolute atomic E-state index is 0.276. The van der Waals surface area contributed by atoms with Crippen molar-refractivity contribution in [3.63, 3.8) is 0 Å². The monoisotopic (exact) mass is 427 g/mol. The van der Waals surface area contributed by atoms with Crippen molar-refractivity contribution in [3.8, 4) is 0 Å². The van der Waals surface area contributed by atoms with Gasteiger partial charge in [-0.15, -0.1) is 11.3 Å². The molecule has 1 aromatic heterocycles. The minimum atomic E-state index is -0.512. The highest BCUT2D eigenvalue weighted by molar-refractivity contribution is 7.18. The van der Waals surface area contributed by atoms with Crippen molar-refractivity contribution in [2.75, 3.05) is 26.7 Å². The molecule has 0 saturated carbocycles. The van der Waals surface area contributed by atoms with Crippen LogP contribution in [0.3, 0.4) is 0 Å². The van der Waals surface area contributed by atoms with Crippen molar-refractivity contribution in [2.24, 2.45) is 11.8 Å². The van der Waals surface area contributed by atoms with Gasteiger partial charge in [0.2, 0.25) is 0 Å². The first-order chi connectivity index (χ1) is 14.1. The molecule has 2 aliphatic heterocycles. The Kier molecular flexibility index (Phi) is 5.66. The Labute approximate surface area is 183 Å². The molecule has 0 bridgehead atoms. The van der Waals surface area contributed by atoms with E-state index in [1.165, 1.54) is 9.71 Å². The molecule has 0 unspecified atom stereocenters. The second-order valence-electron chi connectivity index (χ2n) is 10.1. The number of ether oxygens (including phenoxy) is 1. The third kappa shape index (κ3) is 4.40. The number of hydrogen-bond acceptors (Lipinski definition) is 5. The molecule has 0 spiro atoms. The molecule has 6 heteroatoms. The smallest absolute Gasteiger partial charge is 0.414 e. The third-order valence-corrected chi connectivity index (χ3v) is 7.09. The van der Waals surface area contributed by atoms with Crippen molar-refractivity contribution in [3.05, 3.63) is 34.8 Å². The number of allylic oxidation sites excluding steroid dienone is 1. The van der Waals surface area contributed by atoms with E-state index < -0.39 is 5.60 Å². The second-order valence-corrected chi connectivity index (χ2v) is 11.1. The van der Waals surface area contributed by atoms with E-state index in [0.29, 0.717) is 24.3 Å². The number of thiazole rings is 1. The number of likely N-dealkylation sites (tertiary alicyclic amines) is 1. The van der Waals surface area contributed by atoms with Gasteiger partial charge in [0.15, 0.2) is 0 Å². The molecule has 1 saturated heterocycles. The Bertz CT molecular complexity index is 974. The van der Waals surface area contributed by atoms with E-state index in [2.05, 4.69) is 50.1 Å². The van der Waals surface area contributed by atoms with E-state index >= 15 is 0 Å². The van der Waals surface area contributed by atoms with Gasteiger partial charge in [-0.05, 0) is 58.2 Å². The minimum Gasteiger partial charge on any atom is -0.443 e. The van der Waals surface area contributed by atoms with Crippen LogP contribution in [0.15, 0.2) is 24.3 Å². The standard InChI is InChI=1S/C24H33N3O2S/c1-15-7-9-20(27(12-15)23(28)29-24(3,4)5)17-8-10-21-19(11-17)25-22(30-21)18-14-26(6)13-16(18)2/h8-11,15-16,18H,7,12-14H2,1-6H3/t15-,16+,18+/m0/s1. The Balaban J connectivity index is 1.64. The average molecular weight is 428 g/mol. The van der Waals surface area contributed by atoms with Crippen LogP contribution in [0.4, 0.5) is 4.79 Å². The largest absolute Gasteiger partial charge is 0.443 e. The Morgan fingerprint density at radius 1 is 1.20 bits per heavy atom. The predicted octanol–water partition coefficient (Wildman–Crippen LogP) is 5.58. The molecule has 5 nitrogen and oxygen atoms in total. The maximum atomic E-state index is 12.9. The maximum absolute atomic E-state index is 12.9. The summed E-state index contributed by atoms with van der Waals surface area (Å²) >= 11 is 1.81. The van der Waals surface area contributed by atoms with Gasteiger partial charge in [-0.25, -0.2) is 9.78 Å². The number of rotatable bonds is 2. The molecular weight excluding hydrogens is 394 g/mol. The predicted molar refractivity (Wildman–Crippen MR) is 124 cm³/mol. The fourth-order valence-corrected chi connectivity index (χ4v) is 5.64. The fourth-order valence-electron chi connectivity index (χ4n) is 4.46. The summed E-state index contributed by atoms with van der Waals surface area (Å²) in [6.07, 6.45) is 2.85.